The Kier molecular flexibility index (Phi) is 3.45. The molecule has 24 heavy (non-hydrogen) atoms. The number of H-pyrrole nitrogens is 1. The summed E-state index contributed by atoms with van der Waals surface area (Å²) in [6, 6.07) is 13.2. The van der Waals surface area contributed by atoms with E-state index in [4.69, 9.17) is 4.74 Å². The Morgan fingerprint density at radius 2 is 2.08 bits per heavy atom. The van der Waals surface area contributed by atoms with Crippen molar-refractivity contribution in [2.75, 3.05) is 11.9 Å². The number of aromatic amines is 1. The zero-order valence-corrected chi connectivity index (χ0v) is 13.0. The van der Waals surface area contributed by atoms with Gasteiger partial charge in [0, 0.05) is 11.3 Å². The lowest BCUT2D eigenvalue weighted by Gasteiger charge is -2.07. The van der Waals surface area contributed by atoms with Gasteiger partial charge >= 0.3 is 0 Å². The topological polar surface area (TPSA) is 92.8 Å². The van der Waals surface area contributed by atoms with E-state index in [0.29, 0.717) is 18.1 Å². The first-order chi connectivity index (χ1) is 11.7. The molecule has 4 rings (SSSR count). The van der Waals surface area contributed by atoms with E-state index in [2.05, 4.69) is 25.5 Å². The van der Waals surface area contributed by atoms with Crippen LogP contribution in [-0.2, 0) is 4.79 Å². The molecule has 1 aliphatic heterocycles. The molecule has 7 nitrogen and oxygen atoms in total. The summed E-state index contributed by atoms with van der Waals surface area (Å²) in [5.41, 5.74) is 2.44. The fraction of sp³-hybridized carbons (Fsp3) is 0.176. The van der Waals surface area contributed by atoms with E-state index in [1.54, 1.807) is 0 Å². The number of aromatic nitrogens is 4. The van der Waals surface area contributed by atoms with Crippen molar-refractivity contribution in [2.24, 2.45) is 0 Å². The number of nitrogens with zero attached hydrogens (tertiary/aromatic N) is 3. The average Bonchev–Trinajstić information content (AvgIpc) is 3.21. The highest BCUT2D eigenvalue weighted by atomic mass is 16.5. The molecule has 0 spiro atoms. The number of amides is 1. The predicted molar refractivity (Wildman–Crippen MR) is 87.7 cm³/mol. The van der Waals surface area contributed by atoms with Crippen molar-refractivity contribution in [1.82, 2.24) is 20.2 Å². The highest BCUT2D eigenvalue weighted by Gasteiger charge is 2.30. The van der Waals surface area contributed by atoms with Gasteiger partial charge < -0.3 is 4.74 Å². The highest BCUT2D eigenvalue weighted by Crippen LogP contribution is 2.33. The standard InChI is InChI=1S/C17H15N5O2/c1-10-5-4-7-13(18-10)15-19-17(22-21-15)20-16(23)12-9-24-14-8-3-2-6-11(12)14/h2-8,12H,9H2,1H3,(H2,19,20,21,22,23)/t12-/m1/s1. The van der Waals surface area contributed by atoms with Crippen molar-refractivity contribution in [3.8, 4) is 17.3 Å². The van der Waals surface area contributed by atoms with Crippen molar-refractivity contribution in [3.05, 3.63) is 53.7 Å². The largest absolute Gasteiger partial charge is 0.492 e. The SMILES string of the molecule is Cc1cccc(-c2nc(NC(=O)[C@@H]3COc4ccccc43)n[nH]2)n1. The van der Waals surface area contributed by atoms with Crippen LogP contribution in [0.25, 0.3) is 11.5 Å². The van der Waals surface area contributed by atoms with Gasteiger partial charge in [-0.15, -0.1) is 5.10 Å². The maximum Gasteiger partial charge on any atom is 0.249 e. The van der Waals surface area contributed by atoms with Gasteiger partial charge in [0.15, 0.2) is 5.82 Å². The number of carbonyl (C=O) groups is 1. The molecule has 0 bridgehead atoms. The maximum absolute atomic E-state index is 12.5. The van der Waals surface area contributed by atoms with Crippen molar-refractivity contribution in [2.45, 2.75) is 12.8 Å². The van der Waals surface area contributed by atoms with Crippen LogP contribution in [0.15, 0.2) is 42.5 Å². The Balaban J connectivity index is 1.52. The van der Waals surface area contributed by atoms with Crippen LogP contribution in [0.4, 0.5) is 5.95 Å². The van der Waals surface area contributed by atoms with Crippen LogP contribution in [0.3, 0.4) is 0 Å². The summed E-state index contributed by atoms with van der Waals surface area (Å²) in [5, 5.41) is 9.56. The number of aryl methyl sites for hydroxylation is 1. The molecule has 1 aliphatic rings. The molecular weight excluding hydrogens is 306 g/mol. The number of fused-ring (bicyclic) bond motifs is 1. The number of carbonyl (C=O) groups excluding carboxylic acids is 1. The van der Waals surface area contributed by atoms with E-state index in [0.717, 1.165) is 17.0 Å². The number of hydrogen-bond acceptors (Lipinski definition) is 5. The summed E-state index contributed by atoms with van der Waals surface area (Å²) >= 11 is 0. The number of hydrogen-bond donors (Lipinski definition) is 2. The minimum absolute atomic E-state index is 0.192. The van der Waals surface area contributed by atoms with Crippen LogP contribution >= 0.6 is 0 Å². The maximum atomic E-state index is 12.5. The van der Waals surface area contributed by atoms with E-state index in [1.807, 2.05) is 49.4 Å². The van der Waals surface area contributed by atoms with E-state index in [9.17, 15) is 4.79 Å². The van der Waals surface area contributed by atoms with E-state index in [-0.39, 0.29) is 17.8 Å². The van der Waals surface area contributed by atoms with Gasteiger partial charge in [0.05, 0.1) is 0 Å². The monoisotopic (exact) mass is 321 g/mol. The minimum Gasteiger partial charge on any atom is -0.492 e. The second kappa shape index (κ2) is 5.77. The van der Waals surface area contributed by atoms with Crippen LogP contribution in [0.2, 0.25) is 0 Å². The second-order valence-corrected chi connectivity index (χ2v) is 5.56. The smallest absolute Gasteiger partial charge is 0.249 e. The van der Waals surface area contributed by atoms with Gasteiger partial charge in [-0.1, -0.05) is 24.3 Å². The molecular formula is C17H15N5O2. The number of benzene rings is 1. The quantitative estimate of drug-likeness (QED) is 0.772. The molecule has 120 valence electrons. The molecule has 0 unspecified atom stereocenters. The van der Waals surface area contributed by atoms with Crippen molar-refractivity contribution >= 4 is 11.9 Å². The third-order valence-corrected chi connectivity index (χ3v) is 3.87. The molecule has 0 fully saturated rings. The molecule has 1 amide bonds. The lowest BCUT2D eigenvalue weighted by Crippen LogP contribution is -2.22. The van der Waals surface area contributed by atoms with Crippen LogP contribution in [0, 0.1) is 6.92 Å². The van der Waals surface area contributed by atoms with Crippen molar-refractivity contribution in [1.29, 1.82) is 0 Å². The number of pyridine rings is 1. The molecule has 3 aromatic rings. The first kappa shape index (κ1) is 14.4. The fourth-order valence-corrected chi connectivity index (χ4v) is 2.68. The molecule has 0 aliphatic carbocycles. The molecule has 3 heterocycles. The van der Waals surface area contributed by atoms with Gasteiger partial charge in [0.25, 0.3) is 0 Å². The van der Waals surface area contributed by atoms with Crippen LogP contribution in [-0.4, -0.2) is 32.7 Å². The second-order valence-electron chi connectivity index (χ2n) is 5.56. The van der Waals surface area contributed by atoms with Gasteiger partial charge in [-0.05, 0) is 25.1 Å². The lowest BCUT2D eigenvalue weighted by molar-refractivity contribution is -0.117. The number of rotatable bonds is 3. The number of anilines is 1. The van der Waals surface area contributed by atoms with Crippen LogP contribution in [0.5, 0.6) is 5.75 Å². The minimum atomic E-state index is -0.361. The van der Waals surface area contributed by atoms with Crippen molar-refractivity contribution in [3.63, 3.8) is 0 Å². The summed E-state index contributed by atoms with van der Waals surface area (Å²) in [4.78, 5) is 21.1. The summed E-state index contributed by atoms with van der Waals surface area (Å²) in [5.74, 6) is 0.931. The van der Waals surface area contributed by atoms with Gasteiger partial charge in [0.1, 0.15) is 24.0 Å². The van der Waals surface area contributed by atoms with Crippen LogP contribution < -0.4 is 10.1 Å². The van der Waals surface area contributed by atoms with Gasteiger partial charge in [-0.2, -0.15) is 4.98 Å². The van der Waals surface area contributed by atoms with E-state index in [1.165, 1.54) is 0 Å². The normalized spacial score (nSPS) is 15.6. The third kappa shape index (κ3) is 2.60. The van der Waals surface area contributed by atoms with Gasteiger partial charge in [-0.3, -0.25) is 15.2 Å². The Morgan fingerprint density at radius 1 is 1.21 bits per heavy atom. The van der Waals surface area contributed by atoms with E-state index >= 15 is 0 Å². The molecule has 2 N–H and O–H groups in total. The summed E-state index contributed by atoms with van der Waals surface area (Å²) in [6.45, 7) is 2.22. The average molecular weight is 321 g/mol. The molecule has 0 saturated heterocycles. The Bertz CT molecular complexity index is 905. The first-order valence-electron chi connectivity index (χ1n) is 7.60. The van der Waals surface area contributed by atoms with Gasteiger partial charge in [0.2, 0.25) is 11.9 Å². The van der Waals surface area contributed by atoms with Crippen molar-refractivity contribution < 1.29 is 9.53 Å². The lowest BCUT2D eigenvalue weighted by atomic mass is 10.0. The third-order valence-electron chi connectivity index (χ3n) is 3.87. The molecule has 0 radical (unpaired) electrons. The zero-order chi connectivity index (χ0) is 16.5. The summed E-state index contributed by atoms with van der Waals surface area (Å²) in [6.07, 6.45) is 0. The molecule has 0 saturated carbocycles. The predicted octanol–water partition coefficient (Wildman–Crippen LogP) is 2.29. The Labute approximate surface area is 138 Å². The molecule has 7 heteroatoms. The first-order valence-corrected chi connectivity index (χ1v) is 7.60. The summed E-state index contributed by atoms with van der Waals surface area (Å²) < 4.78 is 5.54. The van der Waals surface area contributed by atoms with Gasteiger partial charge in [-0.25, -0.2) is 4.98 Å². The van der Waals surface area contributed by atoms with E-state index < -0.39 is 0 Å². The fourth-order valence-electron chi connectivity index (χ4n) is 2.68. The summed E-state index contributed by atoms with van der Waals surface area (Å²) in [7, 11) is 0. The van der Waals surface area contributed by atoms with Crippen LogP contribution in [0.1, 0.15) is 17.2 Å². The Hall–Kier alpha value is -3.22. The molecule has 1 aromatic carbocycles. The molecule has 1 atom stereocenters. The Morgan fingerprint density at radius 3 is 2.96 bits per heavy atom. The number of para-hydroxylation sites is 1. The zero-order valence-electron chi connectivity index (χ0n) is 13.0. The molecule has 2 aromatic heterocycles. The number of ether oxygens (including phenoxy) is 1. The number of nitrogens with one attached hydrogen (secondary N) is 2. The highest BCUT2D eigenvalue weighted by molar-refractivity contribution is 5.95.